The second kappa shape index (κ2) is 8.89. The number of hydrogen-bond acceptors (Lipinski definition) is 4. The molecule has 7 unspecified atom stereocenters. The number of fused-ring (bicyclic) bond motifs is 5. The summed E-state index contributed by atoms with van der Waals surface area (Å²) in [5.41, 5.74) is 0.295. The number of carbonyl (C=O) groups is 2. The Balaban J connectivity index is 0.000000166. The zero-order valence-electron chi connectivity index (χ0n) is 18.1. The van der Waals surface area contributed by atoms with Gasteiger partial charge in [-0.1, -0.05) is 46.1 Å². The molecule has 2 bridgehead atoms. The van der Waals surface area contributed by atoms with Gasteiger partial charge in [0.05, 0.1) is 0 Å². The molecule has 0 radical (unpaired) electrons. The summed E-state index contributed by atoms with van der Waals surface area (Å²) in [5, 5.41) is 0. The fourth-order valence-corrected chi connectivity index (χ4v) is 6.39. The molecule has 0 saturated heterocycles. The van der Waals surface area contributed by atoms with Crippen molar-refractivity contribution in [2.75, 3.05) is 0 Å². The van der Waals surface area contributed by atoms with Crippen LogP contribution in [0.4, 0.5) is 0 Å². The number of esters is 2. The van der Waals surface area contributed by atoms with E-state index in [2.05, 4.69) is 46.1 Å². The molecular formula is C25H36O4. The Kier molecular flexibility index (Phi) is 6.70. The minimum absolute atomic E-state index is 0.0826. The van der Waals surface area contributed by atoms with Crippen molar-refractivity contribution in [3.8, 4) is 0 Å². The highest BCUT2D eigenvalue weighted by molar-refractivity contribution is 5.81. The zero-order chi connectivity index (χ0) is 21.2. The SMILES string of the molecule is C=CC(=O)OC1CC(C)CC(C)(C)C1.C=CC(=O)OC1CC2CC1C1CC=CC21. The predicted octanol–water partition coefficient (Wildman–Crippen LogP) is 5.25. The van der Waals surface area contributed by atoms with E-state index in [-0.39, 0.29) is 24.1 Å². The maximum absolute atomic E-state index is 11.2. The van der Waals surface area contributed by atoms with E-state index in [0.717, 1.165) is 37.0 Å². The Morgan fingerprint density at radius 3 is 2.34 bits per heavy atom. The summed E-state index contributed by atoms with van der Waals surface area (Å²) in [7, 11) is 0. The van der Waals surface area contributed by atoms with E-state index < -0.39 is 0 Å². The van der Waals surface area contributed by atoms with Gasteiger partial charge in [-0.2, -0.15) is 0 Å². The largest absolute Gasteiger partial charge is 0.459 e. The van der Waals surface area contributed by atoms with E-state index >= 15 is 0 Å². The van der Waals surface area contributed by atoms with Gasteiger partial charge in [0.25, 0.3) is 0 Å². The highest BCUT2D eigenvalue weighted by atomic mass is 16.5. The van der Waals surface area contributed by atoms with Crippen LogP contribution >= 0.6 is 0 Å². The molecular weight excluding hydrogens is 364 g/mol. The Labute approximate surface area is 175 Å². The zero-order valence-corrected chi connectivity index (χ0v) is 18.1. The molecule has 3 saturated carbocycles. The summed E-state index contributed by atoms with van der Waals surface area (Å²) >= 11 is 0. The third-order valence-electron chi connectivity index (χ3n) is 7.17. The fraction of sp³-hybridized carbons (Fsp3) is 0.680. The van der Waals surface area contributed by atoms with Gasteiger partial charge < -0.3 is 9.47 Å². The highest BCUT2D eigenvalue weighted by Crippen LogP contribution is 2.57. The molecule has 0 aromatic carbocycles. The lowest BCUT2D eigenvalue weighted by Crippen LogP contribution is -2.33. The van der Waals surface area contributed by atoms with Crippen LogP contribution in [-0.2, 0) is 19.1 Å². The Morgan fingerprint density at radius 2 is 1.69 bits per heavy atom. The van der Waals surface area contributed by atoms with Crippen molar-refractivity contribution >= 4 is 11.9 Å². The maximum Gasteiger partial charge on any atom is 0.330 e. The monoisotopic (exact) mass is 400 g/mol. The van der Waals surface area contributed by atoms with Crippen LogP contribution in [0.2, 0.25) is 0 Å². The molecule has 7 atom stereocenters. The van der Waals surface area contributed by atoms with E-state index in [1.165, 1.54) is 31.4 Å². The first kappa shape index (κ1) is 21.9. The van der Waals surface area contributed by atoms with Crippen LogP contribution in [0.5, 0.6) is 0 Å². The van der Waals surface area contributed by atoms with Crippen LogP contribution in [0.3, 0.4) is 0 Å². The second-order valence-corrected chi connectivity index (χ2v) is 10.2. The molecule has 29 heavy (non-hydrogen) atoms. The van der Waals surface area contributed by atoms with Gasteiger partial charge in [0.2, 0.25) is 0 Å². The van der Waals surface area contributed by atoms with E-state index in [1.807, 2.05) is 0 Å². The van der Waals surface area contributed by atoms with Crippen molar-refractivity contribution in [2.24, 2.45) is 35.0 Å². The quantitative estimate of drug-likeness (QED) is 0.368. The first-order valence-corrected chi connectivity index (χ1v) is 11.0. The molecule has 160 valence electrons. The van der Waals surface area contributed by atoms with Gasteiger partial charge in [0, 0.05) is 12.2 Å². The lowest BCUT2D eigenvalue weighted by molar-refractivity contribution is -0.148. The van der Waals surface area contributed by atoms with Crippen LogP contribution in [0.25, 0.3) is 0 Å². The third-order valence-corrected chi connectivity index (χ3v) is 7.17. The van der Waals surface area contributed by atoms with Crippen molar-refractivity contribution in [3.05, 3.63) is 37.5 Å². The molecule has 0 amide bonds. The fourth-order valence-electron chi connectivity index (χ4n) is 6.39. The molecule has 0 spiro atoms. The van der Waals surface area contributed by atoms with Crippen molar-refractivity contribution in [2.45, 2.75) is 71.5 Å². The van der Waals surface area contributed by atoms with Gasteiger partial charge >= 0.3 is 11.9 Å². The van der Waals surface area contributed by atoms with Gasteiger partial charge in [0.15, 0.2) is 0 Å². The molecule has 4 heteroatoms. The predicted molar refractivity (Wildman–Crippen MR) is 114 cm³/mol. The van der Waals surface area contributed by atoms with E-state index in [0.29, 0.717) is 17.3 Å². The molecule has 0 N–H and O–H groups in total. The lowest BCUT2D eigenvalue weighted by Gasteiger charge is -2.38. The standard InChI is InChI=1S/C13H16O2.C12H20O2/c1-2-13(14)15-12-7-8-6-11(12)10-5-3-4-9(8)10;1-5-11(13)14-10-6-9(2)7-12(3,4)8-10/h2-4,8-12H,1,5-7H2;5,9-10H,1,6-8H2,2-4H3. The molecule has 0 aromatic rings. The molecule has 0 aliphatic heterocycles. The number of hydrogen-bond donors (Lipinski definition) is 0. The van der Waals surface area contributed by atoms with Gasteiger partial charge in [-0.25, -0.2) is 9.59 Å². The van der Waals surface area contributed by atoms with Crippen LogP contribution in [0.1, 0.15) is 59.3 Å². The summed E-state index contributed by atoms with van der Waals surface area (Å²) in [5.74, 6) is 3.01. The number of rotatable bonds is 4. The van der Waals surface area contributed by atoms with Crippen LogP contribution < -0.4 is 0 Å². The number of allylic oxidation sites excluding steroid dienone is 2. The number of carbonyl (C=O) groups excluding carboxylic acids is 2. The van der Waals surface area contributed by atoms with Gasteiger partial charge in [-0.15, -0.1) is 0 Å². The molecule has 4 aliphatic carbocycles. The Bertz CT molecular complexity index is 676. The first-order chi connectivity index (χ1) is 13.7. The molecule has 4 rings (SSSR count). The molecule has 0 heterocycles. The maximum atomic E-state index is 11.2. The minimum Gasteiger partial charge on any atom is -0.459 e. The third kappa shape index (κ3) is 5.21. The molecule has 4 aliphatic rings. The average molecular weight is 401 g/mol. The molecule has 3 fully saturated rings. The van der Waals surface area contributed by atoms with Crippen LogP contribution in [0.15, 0.2) is 37.5 Å². The topological polar surface area (TPSA) is 52.6 Å². The summed E-state index contributed by atoms with van der Waals surface area (Å²) in [6.07, 6.45) is 14.1. The summed E-state index contributed by atoms with van der Waals surface area (Å²) in [4.78, 5) is 22.2. The van der Waals surface area contributed by atoms with Crippen molar-refractivity contribution in [3.63, 3.8) is 0 Å². The average Bonchev–Trinajstić information content (AvgIpc) is 3.33. The summed E-state index contributed by atoms with van der Waals surface area (Å²) < 4.78 is 10.7. The van der Waals surface area contributed by atoms with Crippen molar-refractivity contribution in [1.29, 1.82) is 0 Å². The van der Waals surface area contributed by atoms with Crippen LogP contribution in [0, 0.1) is 35.0 Å². The highest BCUT2D eigenvalue weighted by Gasteiger charge is 2.53. The number of ether oxygens (including phenoxy) is 2. The Morgan fingerprint density at radius 1 is 1.00 bits per heavy atom. The van der Waals surface area contributed by atoms with Crippen LogP contribution in [-0.4, -0.2) is 24.1 Å². The summed E-state index contributed by atoms with van der Waals surface area (Å²) in [6, 6.07) is 0. The summed E-state index contributed by atoms with van der Waals surface area (Å²) in [6.45, 7) is 13.5. The van der Waals surface area contributed by atoms with E-state index in [9.17, 15) is 9.59 Å². The smallest absolute Gasteiger partial charge is 0.330 e. The Hall–Kier alpha value is -1.84. The van der Waals surface area contributed by atoms with Crippen molar-refractivity contribution in [1.82, 2.24) is 0 Å². The van der Waals surface area contributed by atoms with E-state index in [1.54, 1.807) is 0 Å². The van der Waals surface area contributed by atoms with Gasteiger partial charge in [0.1, 0.15) is 12.2 Å². The lowest BCUT2D eigenvalue weighted by atomic mass is 9.71. The molecule has 4 nitrogen and oxygen atoms in total. The van der Waals surface area contributed by atoms with Crippen molar-refractivity contribution < 1.29 is 19.1 Å². The second-order valence-electron chi connectivity index (χ2n) is 10.2. The van der Waals surface area contributed by atoms with Gasteiger partial charge in [-0.3, -0.25) is 0 Å². The minimum atomic E-state index is -0.292. The van der Waals surface area contributed by atoms with Gasteiger partial charge in [-0.05, 0) is 73.5 Å². The first-order valence-electron chi connectivity index (χ1n) is 11.0. The normalized spacial score (nSPS) is 38.4. The molecule has 0 aromatic heterocycles. The van der Waals surface area contributed by atoms with E-state index in [4.69, 9.17) is 9.47 Å².